The van der Waals surface area contributed by atoms with E-state index in [1.165, 1.54) is 25.3 Å². The Balaban J connectivity index is 2.07. The molecule has 0 aliphatic heterocycles. The summed E-state index contributed by atoms with van der Waals surface area (Å²) in [6.07, 6.45) is 4.64. The summed E-state index contributed by atoms with van der Waals surface area (Å²) >= 11 is 5.97. The molecule has 1 aromatic carbocycles. The molecule has 3 heteroatoms. The molecule has 1 nitrogen and oxygen atoms in total. The molecule has 1 fully saturated rings. The van der Waals surface area contributed by atoms with Crippen LogP contribution >= 0.6 is 11.6 Å². The lowest BCUT2D eigenvalue weighted by atomic mass is 9.76. The van der Waals surface area contributed by atoms with Crippen molar-refractivity contribution < 1.29 is 9.50 Å². The van der Waals surface area contributed by atoms with Crippen LogP contribution in [0.5, 0.6) is 0 Å². The van der Waals surface area contributed by atoms with Crippen molar-refractivity contribution in [3.05, 3.63) is 34.6 Å². The minimum Gasteiger partial charge on any atom is -0.390 e. The van der Waals surface area contributed by atoms with E-state index in [0.29, 0.717) is 16.5 Å². The number of aliphatic hydroxyl groups is 1. The first-order chi connectivity index (χ1) is 7.98. The summed E-state index contributed by atoms with van der Waals surface area (Å²) in [7, 11) is 0. The van der Waals surface area contributed by atoms with Crippen LogP contribution in [0.25, 0.3) is 0 Å². The van der Waals surface area contributed by atoms with Crippen LogP contribution in [-0.2, 0) is 6.42 Å². The molecule has 2 rings (SSSR count). The standard InChI is InChI=1S/C14H18ClFO/c1-14(17,8-10-4-2-5-10)9-11-12(15)6-3-7-13(11)16/h3,6-7,10,17H,2,4-5,8-9H2,1H3. The molecule has 1 aromatic rings. The van der Waals surface area contributed by atoms with E-state index in [1.807, 2.05) is 0 Å². The number of benzene rings is 1. The highest BCUT2D eigenvalue weighted by atomic mass is 35.5. The fraction of sp³-hybridized carbons (Fsp3) is 0.571. The summed E-state index contributed by atoms with van der Waals surface area (Å²) in [6, 6.07) is 4.64. The van der Waals surface area contributed by atoms with Crippen molar-refractivity contribution in [2.24, 2.45) is 5.92 Å². The second kappa shape index (κ2) is 4.95. The van der Waals surface area contributed by atoms with E-state index in [-0.39, 0.29) is 12.2 Å². The average Bonchev–Trinajstić information content (AvgIpc) is 2.18. The zero-order valence-corrected chi connectivity index (χ0v) is 10.8. The largest absolute Gasteiger partial charge is 0.390 e. The van der Waals surface area contributed by atoms with Crippen molar-refractivity contribution in [3.8, 4) is 0 Å². The fourth-order valence-electron chi connectivity index (χ4n) is 2.47. The van der Waals surface area contributed by atoms with Crippen molar-refractivity contribution in [1.29, 1.82) is 0 Å². The molecule has 0 saturated heterocycles. The molecule has 0 spiro atoms. The van der Waals surface area contributed by atoms with Crippen LogP contribution in [0.2, 0.25) is 5.02 Å². The Morgan fingerprint density at radius 3 is 2.71 bits per heavy atom. The molecule has 1 unspecified atom stereocenters. The number of hydrogen-bond donors (Lipinski definition) is 1. The highest BCUT2D eigenvalue weighted by molar-refractivity contribution is 6.31. The van der Waals surface area contributed by atoms with E-state index >= 15 is 0 Å². The van der Waals surface area contributed by atoms with Gasteiger partial charge in [0.05, 0.1) is 5.60 Å². The van der Waals surface area contributed by atoms with Crippen LogP contribution in [-0.4, -0.2) is 10.7 Å². The molecule has 1 atom stereocenters. The smallest absolute Gasteiger partial charge is 0.127 e. The lowest BCUT2D eigenvalue weighted by Crippen LogP contribution is -2.33. The van der Waals surface area contributed by atoms with Gasteiger partial charge in [0.2, 0.25) is 0 Å². The van der Waals surface area contributed by atoms with E-state index in [9.17, 15) is 9.50 Å². The molecule has 1 aliphatic carbocycles. The summed E-state index contributed by atoms with van der Waals surface area (Å²) in [6.45, 7) is 1.77. The molecule has 1 saturated carbocycles. The van der Waals surface area contributed by atoms with E-state index in [0.717, 1.165) is 6.42 Å². The first-order valence-electron chi connectivity index (χ1n) is 6.13. The predicted octanol–water partition coefficient (Wildman–Crippen LogP) is 3.96. The zero-order valence-electron chi connectivity index (χ0n) is 10.0. The third-order valence-corrected chi connectivity index (χ3v) is 3.93. The third-order valence-electron chi connectivity index (χ3n) is 3.57. The van der Waals surface area contributed by atoms with Gasteiger partial charge in [0.15, 0.2) is 0 Å². The Labute approximate surface area is 107 Å². The lowest BCUT2D eigenvalue weighted by Gasteiger charge is -2.33. The SMILES string of the molecule is CC(O)(Cc1c(F)cccc1Cl)CC1CCC1. The lowest BCUT2D eigenvalue weighted by molar-refractivity contribution is 0.0197. The van der Waals surface area contributed by atoms with Crippen LogP contribution in [0.3, 0.4) is 0 Å². The normalized spacial score (nSPS) is 19.8. The Kier molecular flexibility index (Phi) is 3.74. The molecular weight excluding hydrogens is 239 g/mol. The topological polar surface area (TPSA) is 20.2 Å². The predicted molar refractivity (Wildman–Crippen MR) is 67.7 cm³/mol. The maximum Gasteiger partial charge on any atom is 0.127 e. The van der Waals surface area contributed by atoms with Gasteiger partial charge in [0.1, 0.15) is 5.82 Å². The van der Waals surface area contributed by atoms with Gasteiger partial charge < -0.3 is 5.11 Å². The molecule has 1 aliphatic rings. The van der Waals surface area contributed by atoms with Crippen LogP contribution < -0.4 is 0 Å². The van der Waals surface area contributed by atoms with Crippen molar-refractivity contribution in [1.82, 2.24) is 0 Å². The summed E-state index contributed by atoms with van der Waals surface area (Å²) in [4.78, 5) is 0. The van der Waals surface area contributed by atoms with Gasteiger partial charge in [-0.05, 0) is 31.4 Å². The Bertz CT molecular complexity index is 379. The van der Waals surface area contributed by atoms with Gasteiger partial charge in [0.25, 0.3) is 0 Å². The molecular formula is C14H18ClFO. The van der Waals surface area contributed by atoms with Gasteiger partial charge in [-0.25, -0.2) is 4.39 Å². The molecule has 94 valence electrons. The van der Waals surface area contributed by atoms with Crippen molar-refractivity contribution in [2.75, 3.05) is 0 Å². The second-order valence-corrected chi connectivity index (χ2v) is 5.78. The van der Waals surface area contributed by atoms with Gasteiger partial charge in [-0.2, -0.15) is 0 Å². The van der Waals surface area contributed by atoms with E-state index in [1.54, 1.807) is 19.1 Å². The molecule has 0 amide bonds. The fourth-order valence-corrected chi connectivity index (χ4v) is 2.70. The van der Waals surface area contributed by atoms with Crippen molar-refractivity contribution in [2.45, 2.75) is 44.6 Å². The average molecular weight is 257 g/mol. The van der Waals surface area contributed by atoms with Crippen LogP contribution in [0.4, 0.5) is 4.39 Å². The summed E-state index contributed by atoms with van der Waals surface area (Å²) < 4.78 is 13.6. The molecule has 17 heavy (non-hydrogen) atoms. The van der Waals surface area contributed by atoms with Gasteiger partial charge >= 0.3 is 0 Å². The second-order valence-electron chi connectivity index (χ2n) is 5.37. The molecule has 0 heterocycles. The minimum absolute atomic E-state index is 0.287. The molecule has 1 N–H and O–H groups in total. The monoisotopic (exact) mass is 256 g/mol. The Morgan fingerprint density at radius 1 is 1.47 bits per heavy atom. The first-order valence-corrected chi connectivity index (χ1v) is 6.51. The Hall–Kier alpha value is -0.600. The van der Waals surface area contributed by atoms with E-state index < -0.39 is 5.60 Å². The third kappa shape index (κ3) is 3.20. The number of rotatable bonds is 4. The van der Waals surface area contributed by atoms with Gasteiger partial charge in [-0.3, -0.25) is 0 Å². The highest BCUT2D eigenvalue weighted by Crippen LogP contribution is 2.36. The highest BCUT2D eigenvalue weighted by Gasteiger charge is 2.30. The van der Waals surface area contributed by atoms with Gasteiger partial charge in [-0.15, -0.1) is 0 Å². The summed E-state index contributed by atoms with van der Waals surface area (Å²) in [5.74, 6) is 0.266. The maximum absolute atomic E-state index is 13.6. The molecule has 0 aromatic heterocycles. The van der Waals surface area contributed by atoms with Gasteiger partial charge in [0, 0.05) is 17.0 Å². The van der Waals surface area contributed by atoms with Crippen LogP contribution in [0, 0.1) is 11.7 Å². The summed E-state index contributed by atoms with van der Waals surface area (Å²) in [5, 5.41) is 10.7. The van der Waals surface area contributed by atoms with Gasteiger partial charge in [-0.1, -0.05) is 36.9 Å². The number of halogens is 2. The molecule has 0 bridgehead atoms. The Morgan fingerprint density at radius 2 is 2.18 bits per heavy atom. The maximum atomic E-state index is 13.6. The zero-order chi connectivity index (χ0) is 12.5. The quantitative estimate of drug-likeness (QED) is 0.865. The van der Waals surface area contributed by atoms with E-state index in [4.69, 9.17) is 11.6 Å². The first kappa shape index (κ1) is 12.8. The van der Waals surface area contributed by atoms with Crippen molar-refractivity contribution >= 4 is 11.6 Å². The molecule has 0 radical (unpaired) electrons. The summed E-state index contributed by atoms with van der Waals surface area (Å²) in [5.41, 5.74) is -0.435. The van der Waals surface area contributed by atoms with Crippen LogP contribution in [0.1, 0.15) is 38.2 Å². The van der Waals surface area contributed by atoms with Crippen LogP contribution in [0.15, 0.2) is 18.2 Å². The number of hydrogen-bond acceptors (Lipinski definition) is 1. The van der Waals surface area contributed by atoms with Crippen molar-refractivity contribution in [3.63, 3.8) is 0 Å². The van der Waals surface area contributed by atoms with E-state index in [2.05, 4.69) is 0 Å². The minimum atomic E-state index is -0.864.